The predicted octanol–water partition coefficient (Wildman–Crippen LogP) is 3.47. The second-order valence-electron chi connectivity index (χ2n) is 5.56. The molecule has 1 fully saturated rings. The SMILES string of the molecule is CCNC(CCN1CCCSCC1)c1ccccc1C. The highest BCUT2D eigenvalue weighted by molar-refractivity contribution is 7.99. The van der Waals surface area contributed by atoms with Crippen molar-refractivity contribution in [3.05, 3.63) is 35.4 Å². The summed E-state index contributed by atoms with van der Waals surface area (Å²) < 4.78 is 0. The fourth-order valence-electron chi connectivity index (χ4n) is 2.92. The molecule has 1 aliphatic rings. The lowest BCUT2D eigenvalue weighted by Gasteiger charge is -2.25. The van der Waals surface area contributed by atoms with Crippen LogP contribution in [0, 0.1) is 6.92 Å². The molecule has 2 rings (SSSR count). The number of aryl methyl sites for hydroxylation is 1. The van der Waals surface area contributed by atoms with Gasteiger partial charge in [-0.2, -0.15) is 11.8 Å². The minimum Gasteiger partial charge on any atom is -0.310 e. The van der Waals surface area contributed by atoms with Gasteiger partial charge in [0.15, 0.2) is 0 Å². The number of benzene rings is 1. The summed E-state index contributed by atoms with van der Waals surface area (Å²) in [5.41, 5.74) is 2.88. The zero-order valence-corrected chi connectivity index (χ0v) is 13.7. The van der Waals surface area contributed by atoms with Crippen LogP contribution < -0.4 is 5.32 Å². The van der Waals surface area contributed by atoms with Gasteiger partial charge in [-0.15, -0.1) is 0 Å². The predicted molar refractivity (Wildman–Crippen MR) is 90.6 cm³/mol. The lowest BCUT2D eigenvalue weighted by molar-refractivity contribution is 0.275. The van der Waals surface area contributed by atoms with Crippen LogP contribution in [0.25, 0.3) is 0 Å². The van der Waals surface area contributed by atoms with Gasteiger partial charge in [0, 0.05) is 18.3 Å². The molecule has 0 saturated carbocycles. The number of hydrogen-bond donors (Lipinski definition) is 1. The quantitative estimate of drug-likeness (QED) is 0.864. The standard InChI is InChI=1S/C17H28N2S/c1-3-18-17(16-8-5-4-7-15(16)2)9-11-19-10-6-13-20-14-12-19/h4-5,7-8,17-18H,3,6,9-14H2,1-2H3. The summed E-state index contributed by atoms with van der Waals surface area (Å²) in [6, 6.07) is 9.30. The smallest absolute Gasteiger partial charge is 0.0334 e. The van der Waals surface area contributed by atoms with Crippen LogP contribution in [0.3, 0.4) is 0 Å². The van der Waals surface area contributed by atoms with Crippen molar-refractivity contribution >= 4 is 11.8 Å². The van der Waals surface area contributed by atoms with Crippen LogP contribution in [-0.2, 0) is 0 Å². The van der Waals surface area contributed by atoms with E-state index in [1.807, 2.05) is 0 Å². The Balaban J connectivity index is 1.93. The van der Waals surface area contributed by atoms with Crippen LogP contribution >= 0.6 is 11.8 Å². The van der Waals surface area contributed by atoms with Crippen molar-refractivity contribution in [3.63, 3.8) is 0 Å². The molecule has 1 atom stereocenters. The van der Waals surface area contributed by atoms with E-state index in [4.69, 9.17) is 0 Å². The van der Waals surface area contributed by atoms with Crippen molar-refractivity contribution in [3.8, 4) is 0 Å². The Morgan fingerprint density at radius 2 is 2.10 bits per heavy atom. The van der Waals surface area contributed by atoms with Gasteiger partial charge >= 0.3 is 0 Å². The van der Waals surface area contributed by atoms with Crippen LogP contribution in [0.4, 0.5) is 0 Å². The number of nitrogens with zero attached hydrogens (tertiary/aromatic N) is 1. The molecule has 1 unspecified atom stereocenters. The molecule has 1 heterocycles. The summed E-state index contributed by atoms with van der Waals surface area (Å²) in [6.45, 7) is 9.22. The molecule has 1 aromatic carbocycles. The first-order valence-electron chi connectivity index (χ1n) is 7.90. The zero-order valence-electron chi connectivity index (χ0n) is 12.9. The largest absolute Gasteiger partial charge is 0.310 e. The van der Waals surface area contributed by atoms with Gasteiger partial charge in [-0.25, -0.2) is 0 Å². The Bertz CT molecular complexity index is 386. The monoisotopic (exact) mass is 292 g/mol. The molecule has 0 aromatic heterocycles. The minimum absolute atomic E-state index is 0.497. The van der Waals surface area contributed by atoms with Crippen LogP contribution in [-0.4, -0.2) is 42.6 Å². The third kappa shape index (κ3) is 4.80. The fourth-order valence-corrected chi connectivity index (χ4v) is 3.85. The Kier molecular flexibility index (Phi) is 6.91. The fraction of sp³-hybridized carbons (Fsp3) is 0.647. The second-order valence-corrected chi connectivity index (χ2v) is 6.79. The summed E-state index contributed by atoms with van der Waals surface area (Å²) in [4.78, 5) is 2.64. The average Bonchev–Trinajstić information content (AvgIpc) is 2.73. The van der Waals surface area contributed by atoms with Crippen molar-refractivity contribution in [1.82, 2.24) is 10.2 Å². The lowest BCUT2D eigenvalue weighted by atomic mass is 9.98. The van der Waals surface area contributed by atoms with Crippen LogP contribution in [0.5, 0.6) is 0 Å². The molecular weight excluding hydrogens is 264 g/mol. The van der Waals surface area contributed by atoms with Crippen molar-refractivity contribution in [2.45, 2.75) is 32.7 Å². The first-order chi connectivity index (χ1) is 9.81. The maximum Gasteiger partial charge on any atom is 0.0334 e. The van der Waals surface area contributed by atoms with E-state index in [0.29, 0.717) is 6.04 Å². The molecule has 0 spiro atoms. The Morgan fingerprint density at radius 3 is 2.90 bits per heavy atom. The highest BCUT2D eigenvalue weighted by Gasteiger charge is 2.15. The molecule has 2 nitrogen and oxygen atoms in total. The van der Waals surface area contributed by atoms with E-state index in [1.165, 1.54) is 55.1 Å². The maximum absolute atomic E-state index is 3.66. The molecule has 112 valence electrons. The molecule has 0 amide bonds. The van der Waals surface area contributed by atoms with Gasteiger partial charge in [-0.1, -0.05) is 31.2 Å². The Labute approximate surface area is 128 Å². The highest BCUT2D eigenvalue weighted by Crippen LogP contribution is 2.21. The van der Waals surface area contributed by atoms with Gasteiger partial charge in [-0.05, 0) is 56.3 Å². The molecular formula is C17H28N2S. The Hall–Kier alpha value is -0.510. The molecule has 0 bridgehead atoms. The van der Waals surface area contributed by atoms with Crippen LogP contribution in [0.2, 0.25) is 0 Å². The molecule has 1 aromatic rings. The molecule has 20 heavy (non-hydrogen) atoms. The van der Waals surface area contributed by atoms with E-state index >= 15 is 0 Å². The topological polar surface area (TPSA) is 15.3 Å². The summed E-state index contributed by atoms with van der Waals surface area (Å²) in [5.74, 6) is 2.64. The second kappa shape index (κ2) is 8.71. The minimum atomic E-state index is 0.497. The Morgan fingerprint density at radius 1 is 1.25 bits per heavy atom. The first kappa shape index (κ1) is 15.9. The normalized spacial score (nSPS) is 18.7. The zero-order chi connectivity index (χ0) is 14.2. The van der Waals surface area contributed by atoms with Crippen molar-refractivity contribution < 1.29 is 0 Å². The van der Waals surface area contributed by atoms with E-state index in [0.717, 1.165) is 6.54 Å². The molecule has 1 N–H and O–H groups in total. The van der Waals surface area contributed by atoms with E-state index in [9.17, 15) is 0 Å². The van der Waals surface area contributed by atoms with Gasteiger partial charge in [0.2, 0.25) is 0 Å². The number of nitrogens with one attached hydrogen (secondary N) is 1. The number of thioether (sulfide) groups is 1. The molecule has 0 aliphatic carbocycles. The van der Waals surface area contributed by atoms with Crippen LogP contribution in [0.1, 0.15) is 36.9 Å². The molecule has 1 aliphatic heterocycles. The highest BCUT2D eigenvalue weighted by atomic mass is 32.2. The third-order valence-electron chi connectivity index (χ3n) is 4.06. The van der Waals surface area contributed by atoms with Crippen molar-refractivity contribution in [2.24, 2.45) is 0 Å². The van der Waals surface area contributed by atoms with E-state index in [1.54, 1.807) is 0 Å². The lowest BCUT2D eigenvalue weighted by Crippen LogP contribution is -2.31. The van der Waals surface area contributed by atoms with E-state index < -0.39 is 0 Å². The van der Waals surface area contributed by atoms with E-state index in [2.05, 4.69) is 60.1 Å². The van der Waals surface area contributed by atoms with Crippen molar-refractivity contribution in [1.29, 1.82) is 0 Å². The van der Waals surface area contributed by atoms with Crippen molar-refractivity contribution in [2.75, 3.05) is 37.7 Å². The third-order valence-corrected chi connectivity index (χ3v) is 5.11. The van der Waals surface area contributed by atoms with Gasteiger partial charge in [0.1, 0.15) is 0 Å². The van der Waals surface area contributed by atoms with Gasteiger partial charge in [-0.3, -0.25) is 0 Å². The number of hydrogen-bond acceptors (Lipinski definition) is 3. The first-order valence-corrected chi connectivity index (χ1v) is 9.05. The summed E-state index contributed by atoms with van der Waals surface area (Å²) in [5, 5.41) is 3.66. The van der Waals surface area contributed by atoms with E-state index in [-0.39, 0.29) is 0 Å². The van der Waals surface area contributed by atoms with Gasteiger partial charge in [0.05, 0.1) is 0 Å². The summed E-state index contributed by atoms with van der Waals surface area (Å²) >= 11 is 2.11. The summed E-state index contributed by atoms with van der Waals surface area (Å²) in [6.07, 6.45) is 2.56. The molecule has 3 heteroatoms. The molecule has 1 saturated heterocycles. The molecule has 0 radical (unpaired) electrons. The summed E-state index contributed by atoms with van der Waals surface area (Å²) in [7, 11) is 0. The maximum atomic E-state index is 3.66. The number of rotatable bonds is 6. The van der Waals surface area contributed by atoms with Gasteiger partial charge in [0.25, 0.3) is 0 Å². The average molecular weight is 292 g/mol. The van der Waals surface area contributed by atoms with Crippen LogP contribution in [0.15, 0.2) is 24.3 Å². The van der Waals surface area contributed by atoms with Gasteiger partial charge < -0.3 is 10.2 Å².